The van der Waals surface area contributed by atoms with Crippen LogP contribution in [0, 0.1) is 11.6 Å². The van der Waals surface area contributed by atoms with Gasteiger partial charge >= 0.3 is 12.1 Å². The van der Waals surface area contributed by atoms with E-state index >= 15 is 0 Å². The minimum atomic E-state index is -4.74. The van der Waals surface area contributed by atoms with Gasteiger partial charge in [0.1, 0.15) is 22.6 Å². The smallest absolute Gasteiger partial charge is 0.371 e. The predicted molar refractivity (Wildman–Crippen MR) is 112 cm³/mol. The molecule has 2 fully saturated rings. The number of sulfone groups is 1. The van der Waals surface area contributed by atoms with E-state index in [0.29, 0.717) is 51.4 Å². The number of amides is 1. The van der Waals surface area contributed by atoms with Crippen molar-refractivity contribution in [1.82, 2.24) is 15.0 Å². The molecule has 0 saturated carbocycles. The Hall–Kier alpha value is -2.97. The summed E-state index contributed by atoms with van der Waals surface area (Å²) in [5.74, 6) is -4.04. The Morgan fingerprint density at radius 2 is 1.77 bits per heavy atom. The molecule has 4 rings (SSSR count). The number of anilines is 2. The third-order valence-electron chi connectivity index (χ3n) is 6.07. The summed E-state index contributed by atoms with van der Waals surface area (Å²) in [5.41, 5.74) is -0.317. The van der Waals surface area contributed by atoms with Crippen molar-refractivity contribution >= 4 is 27.4 Å². The van der Waals surface area contributed by atoms with Crippen LogP contribution >= 0.6 is 0 Å². The minimum Gasteiger partial charge on any atom is -0.371 e. The van der Waals surface area contributed by atoms with Crippen LogP contribution in [-0.4, -0.2) is 67.3 Å². The molecule has 2 aliphatic heterocycles. The molecule has 0 bridgehead atoms. The lowest BCUT2D eigenvalue weighted by Crippen LogP contribution is -2.54. The molecule has 0 unspecified atom stereocenters. The zero-order valence-electron chi connectivity index (χ0n) is 18.5. The molecule has 1 amide bonds. The van der Waals surface area contributed by atoms with E-state index in [4.69, 9.17) is 0 Å². The van der Waals surface area contributed by atoms with Gasteiger partial charge in [-0.25, -0.2) is 17.2 Å². The molecule has 1 atom stereocenters. The largest absolute Gasteiger partial charge is 0.471 e. The van der Waals surface area contributed by atoms with Gasteiger partial charge in [0.15, 0.2) is 9.84 Å². The van der Waals surface area contributed by atoms with Crippen molar-refractivity contribution in [2.24, 2.45) is 0 Å². The van der Waals surface area contributed by atoms with Crippen LogP contribution in [0.5, 0.6) is 0 Å². The van der Waals surface area contributed by atoms with E-state index < -0.39 is 44.5 Å². The van der Waals surface area contributed by atoms with E-state index in [1.807, 2.05) is 0 Å². The second kappa shape index (κ2) is 9.24. The van der Waals surface area contributed by atoms with Crippen LogP contribution in [0.1, 0.15) is 31.6 Å². The lowest BCUT2D eigenvalue weighted by Gasteiger charge is -2.42. The van der Waals surface area contributed by atoms with Gasteiger partial charge in [0.2, 0.25) is 5.91 Å². The highest BCUT2D eigenvalue weighted by Crippen LogP contribution is 2.31. The summed E-state index contributed by atoms with van der Waals surface area (Å²) < 4.78 is 94.2. The quantitative estimate of drug-likeness (QED) is 0.597. The number of alkyl halides is 3. The summed E-state index contributed by atoms with van der Waals surface area (Å²) in [4.78, 5) is 18.9. The molecular formula is C20H22F5N5O4S. The summed E-state index contributed by atoms with van der Waals surface area (Å²) in [5, 5.41) is 6.07. The lowest BCUT2D eigenvalue weighted by atomic mass is 9.97. The van der Waals surface area contributed by atoms with Crippen LogP contribution in [0.4, 0.5) is 33.6 Å². The summed E-state index contributed by atoms with van der Waals surface area (Å²) in [6, 6.07) is 0.254. The molecule has 0 spiro atoms. The first kappa shape index (κ1) is 25.1. The normalized spacial score (nSPS) is 20.4. The van der Waals surface area contributed by atoms with Gasteiger partial charge in [0, 0.05) is 38.0 Å². The molecule has 2 saturated heterocycles. The fourth-order valence-electron chi connectivity index (χ4n) is 4.34. The summed E-state index contributed by atoms with van der Waals surface area (Å²) in [6.07, 6.45) is -2.12. The highest BCUT2D eigenvalue weighted by molar-refractivity contribution is 7.90. The topological polar surface area (TPSA) is 109 Å². The Labute approximate surface area is 197 Å². The van der Waals surface area contributed by atoms with Crippen LogP contribution in [0.3, 0.4) is 0 Å². The molecular weight excluding hydrogens is 501 g/mol. The number of carbonyl (C=O) groups is 1. The highest BCUT2D eigenvalue weighted by Gasteiger charge is 2.40. The van der Waals surface area contributed by atoms with E-state index in [-0.39, 0.29) is 23.6 Å². The maximum Gasteiger partial charge on any atom is 0.471 e. The third kappa shape index (κ3) is 5.33. The number of halogens is 5. The highest BCUT2D eigenvalue weighted by atomic mass is 32.2. The third-order valence-corrected chi connectivity index (χ3v) is 7.18. The standard InChI is InChI=1S/C20H22F5N5O4S/c1-35(32,33)16-10-12(21)15(9-13(16)22)26-14-3-2-6-30(17(14)31)11-4-7-29(8-5-11)19-27-18(34-28-19)20(23,24)25/h9-11,14,26H,2-8H2,1H3/t14-/m0/s1. The maximum atomic E-state index is 14.5. The van der Waals surface area contributed by atoms with E-state index in [2.05, 4.69) is 20.0 Å². The second-order valence-electron chi connectivity index (χ2n) is 8.52. The van der Waals surface area contributed by atoms with Crippen LogP contribution < -0.4 is 10.2 Å². The van der Waals surface area contributed by atoms with Crippen molar-refractivity contribution < 1.29 is 39.7 Å². The summed E-state index contributed by atoms with van der Waals surface area (Å²) in [6.45, 7) is 1.05. The van der Waals surface area contributed by atoms with Gasteiger partial charge in [-0.15, -0.1) is 0 Å². The zero-order chi connectivity index (χ0) is 25.5. The molecule has 15 heteroatoms. The van der Waals surface area contributed by atoms with Crippen molar-refractivity contribution in [3.63, 3.8) is 0 Å². The first-order valence-electron chi connectivity index (χ1n) is 10.8. The number of nitrogens with one attached hydrogen (secondary N) is 1. The number of aromatic nitrogens is 2. The Kier molecular flexibility index (Phi) is 6.64. The monoisotopic (exact) mass is 523 g/mol. The maximum absolute atomic E-state index is 14.5. The van der Waals surface area contributed by atoms with Gasteiger partial charge < -0.3 is 19.6 Å². The molecule has 1 aromatic carbocycles. The molecule has 3 heterocycles. The molecule has 2 aliphatic rings. The Bertz CT molecular complexity index is 1210. The van der Waals surface area contributed by atoms with Crippen molar-refractivity contribution in [2.45, 2.75) is 48.8 Å². The van der Waals surface area contributed by atoms with Gasteiger partial charge in [0.05, 0.1) is 5.69 Å². The Morgan fingerprint density at radius 1 is 1.09 bits per heavy atom. The zero-order valence-corrected chi connectivity index (χ0v) is 19.3. The molecule has 192 valence electrons. The number of benzene rings is 1. The van der Waals surface area contributed by atoms with Gasteiger partial charge in [-0.3, -0.25) is 4.79 Å². The van der Waals surface area contributed by atoms with E-state index in [1.54, 1.807) is 9.80 Å². The number of nitrogens with zero attached hydrogens (tertiary/aromatic N) is 4. The molecule has 1 N–H and O–H groups in total. The average Bonchev–Trinajstić information content (AvgIpc) is 3.28. The second-order valence-corrected chi connectivity index (χ2v) is 10.5. The van der Waals surface area contributed by atoms with Crippen LogP contribution in [-0.2, 0) is 20.8 Å². The molecule has 0 aliphatic carbocycles. The van der Waals surface area contributed by atoms with Gasteiger partial charge in [-0.05, 0) is 36.9 Å². The van der Waals surface area contributed by atoms with E-state index in [9.17, 15) is 35.2 Å². The fraction of sp³-hybridized carbons (Fsp3) is 0.550. The number of likely N-dealkylation sites (tertiary alicyclic amines) is 1. The number of piperidine rings is 2. The SMILES string of the molecule is CS(=O)(=O)c1cc(F)c(N[C@H]2CCCN(C3CCN(c4noc(C(F)(F)F)n4)CC3)C2=O)cc1F. The lowest BCUT2D eigenvalue weighted by molar-refractivity contribution is -0.159. The molecule has 0 radical (unpaired) electrons. The van der Waals surface area contributed by atoms with Crippen LogP contribution in [0.15, 0.2) is 21.6 Å². The fourth-order valence-corrected chi connectivity index (χ4v) is 5.07. The predicted octanol–water partition coefficient (Wildman–Crippen LogP) is 2.84. The first-order valence-corrected chi connectivity index (χ1v) is 12.7. The Morgan fingerprint density at radius 3 is 2.37 bits per heavy atom. The van der Waals surface area contributed by atoms with Gasteiger partial charge in [0.25, 0.3) is 5.95 Å². The van der Waals surface area contributed by atoms with Gasteiger partial charge in [-0.1, -0.05) is 0 Å². The minimum absolute atomic E-state index is 0.171. The van der Waals surface area contributed by atoms with Crippen molar-refractivity contribution in [1.29, 1.82) is 0 Å². The van der Waals surface area contributed by atoms with Crippen molar-refractivity contribution in [3.05, 3.63) is 29.7 Å². The summed E-state index contributed by atoms with van der Waals surface area (Å²) in [7, 11) is -3.96. The number of rotatable bonds is 5. The van der Waals surface area contributed by atoms with Crippen molar-refractivity contribution in [3.8, 4) is 0 Å². The average molecular weight is 523 g/mol. The summed E-state index contributed by atoms with van der Waals surface area (Å²) >= 11 is 0. The molecule has 35 heavy (non-hydrogen) atoms. The number of hydrogen-bond acceptors (Lipinski definition) is 8. The van der Waals surface area contributed by atoms with Crippen LogP contribution in [0.2, 0.25) is 0 Å². The Balaban J connectivity index is 1.40. The van der Waals surface area contributed by atoms with Crippen molar-refractivity contribution in [2.75, 3.05) is 36.1 Å². The first-order chi connectivity index (χ1) is 16.3. The van der Waals surface area contributed by atoms with E-state index in [0.717, 1.165) is 12.3 Å². The van der Waals surface area contributed by atoms with E-state index in [1.165, 1.54) is 0 Å². The van der Waals surface area contributed by atoms with Crippen LogP contribution in [0.25, 0.3) is 0 Å². The number of hydrogen-bond donors (Lipinski definition) is 1. The molecule has 2 aromatic rings. The molecule has 1 aromatic heterocycles. The molecule has 9 nitrogen and oxygen atoms in total. The number of carbonyl (C=O) groups excluding carboxylic acids is 1. The van der Waals surface area contributed by atoms with Gasteiger partial charge in [-0.2, -0.15) is 18.2 Å².